The zero-order valence-electron chi connectivity index (χ0n) is 12.4. The van der Waals surface area contributed by atoms with Gasteiger partial charge < -0.3 is 25.4 Å². The number of rotatable bonds is 8. The minimum Gasteiger partial charge on any atom is -0.504 e. The molecular weight excluding hydrogens is 306 g/mol. The summed E-state index contributed by atoms with van der Waals surface area (Å²) in [6.07, 6.45) is 1.89. The van der Waals surface area contributed by atoms with E-state index < -0.39 is 23.9 Å². The Morgan fingerprint density at radius 2 is 2.00 bits per heavy atom. The number of hydrogen-bond donors (Lipinski definition) is 4. The Morgan fingerprint density at radius 3 is 2.52 bits per heavy atom. The number of aromatic hydroxyl groups is 1. The Balaban J connectivity index is 2.68. The number of nitrogens with one attached hydrogen (secondary N) is 1. The predicted octanol–water partition coefficient (Wildman–Crippen LogP) is 0.848. The van der Waals surface area contributed by atoms with Crippen LogP contribution < -0.4 is 10.1 Å². The van der Waals surface area contributed by atoms with Gasteiger partial charge in [0.2, 0.25) is 5.91 Å². The second-order valence-electron chi connectivity index (χ2n) is 4.60. The molecule has 0 fully saturated rings. The number of ether oxygens (including phenoxy) is 1. The van der Waals surface area contributed by atoms with E-state index in [4.69, 9.17) is 14.9 Å². The van der Waals surface area contributed by atoms with Gasteiger partial charge in [-0.25, -0.2) is 4.79 Å². The molecule has 124 valence electrons. The van der Waals surface area contributed by atoms with E-state index in [1.807, 2.05) is 0 Å². The highest BCUT2D eigenvalue weighted by molar-refractivity contribution is 5.94. The van der Waals surface area contributed by atoms with Gasteiger partial charge in [0, 0.05) is 12.5 Å². The van der Waals surface area contributed by atoms with Crippen molar-refractivity contribution in [1.29, 1.82) is 0 Å². The third kappa shape index (κ3) is 6.08. The van der Waals surface area contributed by atoms with Crippen LogP contribution in [-0.2, 0) is 14.4 Å². The van der Waals surface area contributed by atoms with Crippen molar-refractivity contribution in [2.24, 2.45) is 0 Å². The van der Waals surface area contributed by atoms with E-state index in [1.165, 1.54) is 25.3 Å². The number of carbonyl (C=O) groups excluding carboxylic acids is 1. The second kappa shape index (κ2) is 8.42. The molecule has 0 aromatic heterocycles. The van der Waals surface area contributed by atoms with Crippen LogP contribution in [0, 0.1) is 0 Å². The van der Waals surface area contributed by atoms with Gasteiger partial charge >= 0.3 is 11.9 Å². The van der Waals surface area contributed by atoms with Gasteiger partial charge in [-0.15, -0.1) is 0 Å². The van der Waals surface area contributed by atoms with E-state index in [-0.39, 0.29) is 24.3 Å². The summed E-state index contributed by atoms with van der Waals surface area (Å²) in [6.45, 7) is 0. The van der Waals surface area contributed by atoms with Gasteiger partial charge in [0.15, 0.2) is 11.5 Å². The highest BCUT2D eigenvalue weighted by Gasteiger charge is 2.19. The van der Waals surface area contributed by atoms with Gasteiger partial charge in [-0.1, -0.05) is 6.07 Å². The lowest BCUT2D eigenvalue weighted by Crippen LogP contribution is -2.40. The summed E-state index contributed by atoms with van der Waals surface area (Å²) in [5.74, 6) is -2.95. The smallest absolute Gasteiger partial charge is 0.326 e. The molecule has 0 saturated carbocycles. The molecule has 0 unspecified atom stereocenters. The summed E-state index contributed by atoms with van der Waals surface area (Å²) in [5, 5.41) is 29.3. The molecule has 0 saturated heterocycles. The monoisotopic (exact) mass is 323 g/mol. The number of phenols is 1. The number of amides is 1. The molecule has 8 heteroatoms. The standard InChI is InChI=1S/C15H17NO7/c1-23-12-5-2-9(8-11(12)17)3-6-13(18)16-10(15(21)22)4-7-14(19)20/h2-3,5-6,8,10,17H,4,7H2,1H3,(H,16,18)(H,19,20)(H,21,22)/b6-3+/t10-/m0/s1. The Bertz CT molecular complexity index is 624. The first-order valence-electron chi connectivity index (χ1n) is 6.63. The number of carboxylic acids is 2. The SMILES string of the molecule is COc1ccc(/C=C/C(=O)N[C@@H](CCC(=O)O)C(=O)O)cc1O. The lowest BCUT2D eigenvalue weighted by Gasteiger charge is -2.11. The molecule has 0 heterocycles. The van der Waals surface area contributed by atoms with Crippen molar-refractivity contribution in [3.63, 3.8) is 0 Å². The van der Waals surface area contributed by atoms with Crippen molar-refractivity contribution in [3.8, 4) is 11.5 Å². The van der Waals surface area contributed by atoms with E-state index in [1.54, 1.807) is 6.07 Å². The zero-order valence-corrected chi connectivity index (χ0v) is 12.4. The third-order valence-electron chi connectivity index (χ3n) is 2.89. The van der Waals surface area contributed by atoms with Crippen molar-refractivity contribution in [2.45, 2.75) is 18.9 Å². The van der Waals surface area contributed by atoms with Crippen LogP contribution in [0.15, 0.2) is 24.3 Å². The molecule has 0 aliphatic heterocycles. The first-order valence-corrected chi connectivity index (χ1v) is 6.63. The second-order valence-corrected chi connectivity index (χ2v) is 4.60. The fourth-order valence-electron chi connectivity index (χ4n) is 1.73. The molecule has 4 N–H and O–H groups in total. The summed E-state index contributed by atoms with van der Waals surface area (Å²) in [5.41, 5.74) is 0.510. The molecule has 1 amide bonds. The summed E-state index contributed by atoms with van der Waals surface area (Å²) < 4.78 is 4.88. The number of carbonyl (C=O) groups is 3. The average Bonchev–Trinajstić information content (AvgIpc) is 2.49. The number of hydrogen-bond acceptors (Lipinski definition) is 5. The van der Waals surface area contributed by atoms with Crippen molar-refractivity contribution in [2.75, 3.05) is 7.11 Å². The maximum Gasteiger partial charge on any atom is 0.326 e. The number of benzene rings is 1. The van der Waals surface area contributed by atoms with Crippen LogP contribution in [0.5, 0.6) is 11.5 Å². The number of methoxy groups -OCH3 is 1. The molecular formula is C15H17NO7. The van der Waals surface area contributed by atoms with Crippen molar-refractivity contribution in [1.82, 2.24) is 5.32 Å². The molecule has 1 aromatic rings. The van der Waals surface area contributed by atoms with Crippen molar-refractivity contribution < 1.29 is 34.4 Å². The van der Waals surface area contributed by atoms with Gasteiger partial charge in [-0.2, -0.15) is 0 Å². The Labute approximate surface area is 132 Å². The van der Waals surface area contributed by atoms with Crippen LogP contribution in [0.4, 0.5) is 0 Å². The van der Waals surface area contributed by atoms with Crippen molar-refractivity contribution in [3.05, 3.63) is 29.8 Å². The normalized spacial score (nSPS) is 11.9. The molecule has 0 spiro atoms. The molecule has 0 aliphatic carbocycles. The van der Waals surface area contributed by atoms with Crippen molar-refractivity contribution >= 4 is 23.9 Å². The van der Waals surface area contributed by atoms with E-state index in [0.29, 0.717) is 5.56 Å². The van der Waals surface area contributed by atoms with Gasteiger partial charge in [0.05, 0.1) is 7.11 Å². The highest BCUT2D eigenvalue weighted by Crippen LogP contribution is 2.26. The van der Waals surface area contributed by atoms with Crippen LogP contribution in [0.1, 0.15) is 18.4 Å². The van der Waals surface area contributed by atoms with E-state index in [0.717, 1.165) is 6.08 Å². The quantitative estimate of drug-likeness (QED) is 0.521. The maximum absolute atomic E-state index is 11.7. The van der Waals surface area contributed by atoms with Crippen LogP contribution in [0.3, 0.4) is 0 Å². The first-order chi connectivity index (χ1) is 10.8. The average molecular weight is 323 g/mol. The summed E-state index contributed by atoms with van der Waals surface area (Å²) in [4.78, 5) is 33.1. The summed E-state index contributed by atoms with van der Waals surface area (Å²) >= 11 is 0. The molecule has 0 bridgehead atoms. The maximum atomic E-state index is 11.7. The minimum absolute atomic E-state index is 0.0973. The Hall–Kier alpha value is -3.03. The molecule has 1 atom stereocenters. The minimum atomic E-state index is -1.31. The van der Waals surface area contributed by atoms with Gasteiger partial charge in [-0.3, -0.25) is 9.59 Å². The number of phenolic OH excluding ortho intramolecular Hbond substituents is 1. The van der Waals surface area contributed by atoms with Gasteiger partial charge in [0.1, 0.15) is 6.04 Å². The predicted molar refractivity (Wildman–Crippen MR) is 80.1 cm³/mol. The van der Waals surface area contributed by atoms with Gasteiger partial charge in [0.25, 0.3) is 0 Å². The first kappa shape index (κ1) is 18.0. The fraction of sp³-hybridized carbons (Fsp3) is 0.267. The Kier molecular flexibility index (Phi) is 6.60. The number of aliphatic carboxylic acids is 2. The number of carboxylic acid groups (broad SMARTS) is 2. The fourth-order valence-corrected chi connectivity index (χ4v) is 1.73. The van der Waals surface area contributed by atoms with Crippen LogP contribution in [0.25, 0.3) is 6.08 Å². The van der Waals surface area contributed by atoms with Gasteiger partial charge in [-0.05, 0) is 30.2 Å². The zero-order chi connectivity index (χ0) is 17.4. The molecule has 8 nitrogen and oxygen atoms in total. The van der Waals surface area contributed by atoms with E-state index >= 15 is 0 Å². The van der Waals surface area contributed by atoms with Crippen LogP contribution >= 0.6 is 0 Å². The summed E-state index contributed by atoms with van der Waals surface area (Å²) in [7, 11) is 1.40. The lowest BCUT2D eigenvalue weighted by atomic mass is 10.1. The molecule has 0 aliphatic rings. The van der Waals surface area contributed by atoms with Crippen LogP contribution in [-0.4, -0.2) is 46.3 Å². The molecule has 23 heavy (non-hydrogen) atoms. The molecule has 0 radical (unpaired) electrons. The van der Waals surface area contributed by atoms with E-state index in [9.17, 15) is 19.5 Å². The lowest BCUT2D eigenvalue weighted by molar-refractivity contribution is -0.142. The molecule has 1 rings (SSSR count). The topological polar surface area (TPSA) is 133 Å². The third-order valence-corrected chi connectivity index (χ3v) is 2.89. The van der Waals surface area contributed by atoms with E-state index in [2.05, 4.69) is 5.32 Å². The Morgan fingerprint density at radius 1 is 1.30 bits per heavy atom. The largest absolute Gasteiger partial charge is 0.504 e. The highest BCUT2D eigenvalue weighted by atomic mass is 16.5. The summed E-state index contributed by atoms with van der Waals surface area (Å²) in [6, 6.07) is 3.20. The van der Waals surface area contributed by atoms with Crippen LogP contribution in [0.2, 0.25) is 0 Å². The molecule has 1 aromatic carbocycles.